The van der Waals surface area contributed by atoms with E-state index in [9.17, 15) is 14.4 Å². The van der Waals surface area contributed by atoms with Crippen LogP contribution in [0.4, 0.5) is 0 Å². The van der Waals surface area contributed by atoms with Crippen molar-refractivity contribution >= 4 is 29.3 Å². The second-order valence-electron chi connectivity index (χ2n) is 10.1. The lowest BCUT2D eigenvalue weighted by molar-refractivity contribution is -0.136. The van der Waals surface area contributed by atoms with Crippen LogP contribution in [0.2, 0.25) is 5.02 Å². The molecule has 1 aliphatic carbocycles. The quantitative estimate of drug-likeness (QED) is 0.618. The minimum atomic E-state index is -0.612. The molecule has 3 aliphatic heterocycles. The molecule has 0 unspecified atom stereocenters. The zero-order chi connectivity index (χ0) is 24.8. The maximum atomic E-state index is 13.0. The number of piperidine rings is 1. The first-order valence-corrected chi connectivity index (χ1v) is 13.0. The average molecular weight is 510 g/mol. The lowest BCUT2D eigenvalue weighted by Gasteiger charge is -2.47. The average Bonchev–Trinajstić information content (AvgIpc) is 3.16. The van der Waals surface area contributed by atoms with Crippen molar-refractivity contribution in [2.24, 2.45) is 0 Å². The fraction of sp³-hybridized carbons (Fsp3) is 0.500. The lowest BCUT2D eigenvalue weighted by atomic mass is 9.86. The Morgan fingerprint density at radius 1 is 1.03 bits per heavy atom. The SMILES string of the molecule is O=C1CC[C@H](N2Cc3cc(O[C@H]4CCCC[C@@H]4N4CC(c5ncc(Cl)cn5)C4)ccc3C2=O)C(=O)N1. The summed E-state index contributed by atoms with van der Waals surface area (Å²) in [6.45, 7) is 2.16. The summed E-state index contributed by atoms with van der Waals surface area (Å²) in [5, 5.41) is 2.89. The highest BCUT2D eigenvalue weighted by Gasteiger charge is 2.41. The third kappa shape index (κ3) is 4.35. The number of rotatable bonds is 5. The first kappa shape index (κ1) is 23.4. The van der Waals surface area contributed by atoms with Gasteiger partial charge in [0.25, 0.3) is 5.91 Å². The Balaban J connectivity index is 1.11. The van der Waals surface area contributed by atoms with E-state index in [1.165, 1.54) is 6.42 Å². The fourth-order valence-corrected chi connectivity index (χ4v) is 6.01. The standard InChI is InChI=1S/C26H28ClN5O4/c27-17-10-28-24(29-11-17)16-12-31(13-16)20-3-1-2-4-22(20)36-18-5-6-19-15(9-18)14-32(26(19)35)21-7-8-23(33)30-25(21)34/h5-6,9-11,16,20-22H,1-4,7-8,12-14H2,(H,30,33,34)/t20-,21-,22-/m0/s1. The van der Waals surface area contributed by atoms with Crippen molar-refractivity contribution in [1.29, 1.82) is 0 Å². The molecule has 0 spiro atoms. The number of carbonyl (C=O) groups excluding carboxylic acids is 3. The highest BCUT2D eigenvalue weighted by atomic mass is 35.5. The van der Waals surface area contributed by atoms with Crippen LogP contribution in [0.5, 0.6) is 5.75 Å². The predicted octanol–water partition coefficient (Wildman–Crippen LogP) is 2.68. The summed E-state index contributed by atoms with van der Waals surface area (Å²) in [4.78, 5) is 49.6. The van der Waals surface area contributed by atoms with Gasteiger partial charge in [-0.1, -0.05) is 18.0 Å². The highest BCUT2D eigenvalue weighted by Crippen LogP contribution is 2.36. The molecule has 1 N–H and O–H groups in total. The number of fused-ring (bicyclic) bond motifs is 1. The van der Waals surface area contributed by atoms with Crippen LogP contribution < -0.4 is 10.1 Å². The summed E-state index contributed by atoms with van der Waals surface area (Å²) < 4.78 is 6.51. The molecular weight excluding hydrogens is 482 g/mol. The number of aromatic nitrogens is 2. The number of benzene rings is 1. The van der Waals surface area contributed by atoms with Crippen molar-refractivity contribution in [3.63, 3.8) is 0 Å². The Labute approximate surface area is 214 Å². The zero-order valence-electron chi connectivity index (χ0n) is 19.9. The van der Waals surface area contributed by atoms with E-state index in [0.717, 1.165) is 49.5 Å². The van der Waals surface area contributed by atoms with Crippen molar-refractivity contribution in [1.82, 2.24) is 25.1 Å². The topological polar surface area (TPSA) is 105 Å². The largest absolute Gasteiger partial charge is 0.489 e. The molecule has 0 bridgehead atoms. The van der Waals surface area contributed by atoms with Crippen molar-refractivity contribution in [3.8, 4) is 5.75 Å². The fourth-order valence-electron chi connectivity index (χ4n) is 5.91. The highest BCUT2D eigenvalue weighted by molar-refractivity contribution is 6.30. The second kappa shape index (κ2) is 9.44. The van der Waals surface area contributed by atoms with Crippen LogP contribution in [0.15, 0.2) is 30.6 Å². The van der Waals surface area contributed by atoms with Crippen molar-refractivity contribution < 1.29 is 19.1 Å². The normalized spacial score (nSPS) is 27.0. The molecule has 3 atom stereocenters. The van der Waals surface area contributed by atoms with E-state index in [1.807, 2.05) is 12.1 Å². The Kier molecular flexibility index (Phi) is 6.13. The summed E-state index contributed by atoms with van der Waals surface area (Å²) in [6.07, 6.45) is 8.37. The van der Waals surface area contributed by atoms with Gasteiger partial charge in [-0.2, -0.15) is 0 Å². The molecule has 1 saturated carbocycles. The number of carbonyl (C=O) groups is 3. The minimum absolute atomic E-state index is 0.0761. The van der Waals surface area contributed by atoms with Gasteiger partial charge in [0.2, 0.25) is 11.8 Å². The molecule has 1 aromatic heterocycles. The molecule has 2 saturated heterocycles. The van der Waals surface area contributed by atoms with Gasteiger partial charge in [-0.3, -0.25) is 24.6 Å². The van der Waals surface area contributed by atoms with Crippen LogP contribution in [-0.2, 0) is 16.1 Å². The molecule has 4 heterocycles. The maximum absolute atomic E-state index is 13.0. The number of nitrogens with one attached hydrogen (secondary N) is 1. The van der Waals surface area contributed by atoms with Gasteiger partial charge in [-0.05, 0) is 49.4 Å². The smallest absolute Gasteiger partial charge is 0.255 e. The minimum Gasteiger partial charge on any atom is -0.489 e. The molecule has 4 aliphatic rings. The van der Waals surface area contributed by atoms with E-state index in [0.29, 0.717) is 35.5 Å². The molecule has 6 rings (SSSR count). The number of hydrogen-bond donors (Lipinski definition) is 1. The Morgan fingerprint density at radius 3 is 2.58 bits per heavy atom. The van der Waals surface area contributed by atoms with Gasteiger partial charge >= 0.3 is 0 Å². The van der Waals surface area contributed by atoms with Gasteiger partial charge < -0.3 is 9.64 Å². The summed E-state index contributed by atoms with van der Waals surface area (Å²) in [7, 11) is 0. The van der Waals surface area contributed by atoms with Crippen LogP contribution in [0, 0.1) is 0 Å². The summed E-state index contributed by atoms with van der Waals surface area (Å²) in [5.74, 6) is 1.05. The summed E-state index contributed by atoms with van der Waals surface area (Å²) >= 11 is 5.92. The van der Waals surface area contributed by atoms with Crippen LogP contribution in [0.1, 0.15) is 66.2 Å². The Bertz CT molecular complexity index is 1200. The monoisotopic (exact) mass is 509 g/mol. The van der Waals surface area contributed by atoms with E-state index in [1.54, 1.807) is 23.4 Å². The second-order valence-corrected chi connectivity index (χ2v) is 10.6. The van der Waals surface area contributed by atoms with E-state index in [4.69, 9.17) is 16.3 Å². The van der Waals surface area contributed by atoms with Crippen molar-refractivity contribution in [2.45, 2.75) is 69.2 Å². The number of nitrogens with zero attached hydrogens (tertiary/aromatic N) is 4. The van der Waals surface area contributed by atoms with Crippen molar-refractivity contribution in [3.05, 3.63) is 52.6 Å². The molecule has 1 aromatic carbocycles. The number of halogens is 1. The van der Waals surface area contributed by atoms with Crippen LogP contribution >= 0.6 is 11.6 Å². The molecule has 3 amide bonds. The number of hydrogen-bond acceptors (Lipinski definition) is 7. The van der Waals surface area contributed by atoms with Crippen LogP contribution in [0.3, 0.4) is 0 Å². The first-order valence-electron chi connectivity index (χ1n) is 12.6. The van der Waals surface area contributed by atoms with E-state index in [2.05, 4.69) is 20.2 Å². The molecular formula is C26H28ClN5O4. The van der Waals surface area contributed by atoms with E-state index >= 15 is 0 Å². The molecule has 0 radical (unpaired) electrons. The zero-order valence-corrected chi connectivity index (χ0v) is 20.6. The number of imide groups is 1. The van der Waals surface area contributed by atoms with Gasteiger partial charge in [0.05, 0.1) is 5.02 Å². The number of likely N-dealkylation sites (tertiary alicyclic amines) is 1. The van der Waals surface area contributed by atoms with Crippen LogP contribution in [-0.4, -0.2) is 68.8 Å². The maximum Gasteiger partial charge on any atom is 0.255 e. The molecule has 36 heavy (non-hydrogen) atoms. The lowest BCUT2D eigenvalue weighted by Crippen LogP contribution is -2.57. The van der Waals surface area contributed by atoms with E-state index in [-0.39, 0.29) is 24.3 Å². The van der Waals surface area contributed by atoms with Gasteiger partial charge in [-0.15, -0.1) is 0 Å². The number of amides is 3. The van der Waals surface area contributed by atoms with E-state index < -0.39 is 11.9 Å². The molecule has 2 aromatic rings. The van der Waals surface area contributed by atoms with Gasteiger partial charge in [-0.25, -0.2) is 9.97 Å². The molecule has 9 nitrogen and oxygen atoms in total. The Morgan fingerprint density at radius 2 is 1.81 bits per heavy atom. The predicted molar refractivity (Wildman–Crippen MR) is 131 cm³/mol. The molecule has 3 fully saturated rings. The molecule has 188 valence electrons. The molecule has 10 heteroatoms. The first-order chi connectivity index (χ1) is 17.5. The van der Waals surface area contributed by atoms with Crippen LogP contribution in [0.25, 0.3) is 0 Å². The Hall–Kier alpha value is -3.04. The summed E-state index contributed by atoms with van der Waals surface area (Å²) in [5.41, 5.74) is 1.46. The third-order valence-electron chi connectivity index (χ3n) is 7.83. The van der Waals surface area contributed by atoms with Gasteiger partial charge in [0.1, 0.15) is 23.7 Å². The third-order valence-corrected chi connectivity index (χ3v) is 8.03. The van der Waals surface area contributed by atoms with Crippen molar-refractivity contribution in [2.75, 3.05) is 13.1 Å². The number of ether oxygens (including phenoxy) is 1. The van der Waals surface area contributed by atoms with Gasteiger partial charge in [0.15, 0.2) is 0 Å². The van der Waals surface area contributed by atoms with Gasteiger partial charge in [0, 0.05) is 56.0 Å². The summed E-state index contributed by atoms with van der Waals surface area (Å²) in [6, 6.07) is 5.31.